The molecule has 0 aliphatic carbocycles. The Kier molecular flexibility index (Phi) is 4.32. The fourth-order valence-electron chi connectivity index (χ4n) is 1.84. The van der Waals surface area contributed by atoms with Crippen molar-refractivity contribution in [3.05, 3.63) is 30.1 Å². The third-order valence-electron chi connectivity index (χ3n) is 3.86. The van der Waals surface area contributed by atoms with E-state index in [1.165, 1.54) is 11.0 Å². The first-order valence-corrected chi connectivity index (χ1v) is 6.85. The maximum absolute atomic E-state index is 12.4. The monoisotopic (exact) mass is 288 g/mol. The number of benzene rings is 1. The second kappa shape index (κ2) is 6.01. The summed E-state index contributed by atoms with van der Waals surface area (Å²) >= 11 is 0. The summed E-state index contributed by atoms with van der Waals surface area (Å²) in [4.78, 5) is 12.4. The zero-order valence-corrected chi connectivity index (χ0v) is 12.5. The number of hydrogen-bond donors (Lipinski definition) is 2. The van der Waals surface area contributed by atoms with Crippen molar-refractivity contribution in [3.8, 4) is 5.69 Å². The summed E-state index contributed by atoms with van der Waals surface area (Å²) in [6, 6.07) is 5.65. The van der Waals surface area contributed by atoms with E-state index in [4.69, 9.17) is 5.73 Å². The number of amides is 1. The van der Waals surface area contributed by atoms with Crippen LogP contribution in [-0.4, -0.2) is 32.7 Å². The average molecular weight is 288 g/mol. The number of aryl methyl sites for hydroxylation is 1. The van der Waals surface area contributed by atoms with Crippen LogP contribution in [0.1, 0.15) is 25.8 Å². The van der Waals surface area contributed by atoms with E-state index in [1.54, 1.807) is 0 Å². The third-order valence-corrected chi connectivity index (χ3v) is 3.86. The molecule has 0 spiro atoms. The molecule has 1 atom stereocenters. The Hall–Kier alpha value is -2.28. The number of rotatable bonds is 5. The van der Waals surface area contributed by atoms with Crippen LogP contribution < -0.4 is 11.1 Å². The zero-order valence-electron chi connectivity index (χ0n) is 12.5. The Morgan fingerprint density at radius 1 is 1.48 bits per heavy atom. The minimum absolute atomic E-state index is 0.0792. The van der Waals surface area contributed by atoms with Crippen LogP contribution in [0, 0.1) is 12.3 Å². The van der Waals surface area contributed by atoms with Crippen LogP contribution >= 0.6 is 0 Å². The van der Waals surface area contributed by atoms with Crippen molar-refractivity contribution in [2.45, 2.75) is 27.2 Å². The fraction of sp³-hybridized carbons (Fsp3) is 0.429. The number of anilines is 1. The van der Waals surface area contributed by atoms with Crippen molar-refractivity contribution in [1.82, 2.24) is 20.2 Å². The summed E-state index contributed by atoms with van der Waals surface area (Å²) in [5.41, 5.74) is 7.64. The number of carbonyl (C=O) groups excluding carboxylic acids is 1. The van der Waals surface area contributed by atoms with Crippen molar-refractivity contribution < 1.29 is 4.79 Å². The molecule has 7 heteroatoms. The summed E-state index contributed by atoms with van der Waals surface area (Å²) in [5.74, 6) is -0.0792. The van der Waals surface area contributed by atoms with Gasteiger partial charge in [0.25, 0.3) is 0 Å². The minimum Gasteiger partial charge on any atom is -0.329 e. The van der Waals surface area contributed by atoms with Crippen LogP contribution in [0.15, 0.2) is 24.5 Å². The van der Waals surface area contributed by atoms with Gasteiger partial charge in [-0.2, -0.15) is 0 Å². The molecule has 2 aromatic rings. The van der Waals surface area contributed by atoms with E-state index in [0.717, 1.165) is 16.9 Å². The number of carbonyl (C=O) groups is 1. The van der Waals surface area contributed by atoms with Crippen LogP contribution in [0.25, 0.3) is 5.69 Å². The van der Waals surface area contributed by atoms with Crippen LogP contribution in [0.5, 0.6) is 0 Å². The van der Waals surface area contributed by atoms with Gasteiger partial charge < -0.3 is 11.1 Å². The first kappa shape index (κ1) is 15.1. The van der Waals surface area contributed by atoms with E-state index >= 15 is 0 Å². The molecule has 0 fully saturated rings. The van der Waals surface area contributed by atoms with Gasteiger partial charge in [0.05, 0.1) is 11.1 Å². The predicted molar refractivity (Wildman–Crippen MR) is 80.0 cm³/mol. The van der Waals surface area contributed by atoms with Crippen molar-refractivity contribution in [2.75, 3.05) is 11.9 Å². The number of aromatic nitrogens is 4. The molecule has 1 aromatic heterocycles. The molecule has 0 bridgehead atoms. The molecule has 7 nitrogen and oxygen atoms in total. The van der Waals surface area contributed by atoms with Crippen molar-refractivity contribution in [2.24, 2.45) is 11.1 Å². The summed E-state index contributed by atoms with van der Waals surface area (Å²) in [5, 5.41) is 14.0. The zero-order chi connectivity index (χ0) is 15.5. The molecule has 0 radical (unpaired) electrons. The Balaban J connectivity index is 2.28. The standard InChI is InChI=1S/C14H20N6O/c1-4-14(3,8-15)13(21)17-12-7-11(6-5-10(12)2)20-9-16-18-19-20/h5-7,9H,4,8,15H2,1-3H3,(H,17,21). The van der Waals surface area contributed by atoms with Gasteiger partial charge in [-0.25, -0.2) is 4.68 Å². The van der Waals surface area contributed by atoms with Crippen LogP contribution in [0.4, 0.5) is 5.69 Å². The molecule has 2 rings (SSSR count). The van der Waals surface area contributed by atoms with Crippen molar-refractivity contribution >= 4 is 11.6 Å². The van der Waals surface area contributed by atoms with Crippen LogP contribution in [-0.2, 0) is 4.79 Å². The topological polar surface area (TPSA) is 98.7 Å². The summed E-state index contributed by atoms with van der Waals surface area (Å²) < 4.78 is 1.54. The van der Waals surface area contributed by atoms with Gasteiger partial charge >= 0.3 is 0 Å². The van der Waals surface area contributed by atoms with E-state index < -0.39 is 5.41 Å². The van der Waals surface area contributed by atoms with E-state index in [9.17, 15) is 4.79 Å². The van der Waals surface area contributed by atoms with Gasteiger partial charge in [0.2, 0.25) is 5.91 Å². The third kappa shape index (κ3) is 3.08. The van der Waals surface area contributed by atoms with Crippen molar-refractivity contribution in [3.63, 3.8) is 0 Å². The highest BCUT2D eigenvalue weighted by atomic mass is 16.2. The van der Waals surface area contributed by atoms with Gasteiger partial charge in [0.15, 0.2) is 0 Å². The smallest absolute Gasteiger partial charge is 0.231 e. The van der Waals surface area contributed by atoms with E-state index in [0.29, 0.717) is 13.0 Å². The summed E-state index contributed by atoms with van der Waals surface area (Å²) in [7, 11) is 0. The normalized spacial score (nSPS) is 13.7. The lowest BCUT2D eigenvalue weighted by molar-refractivity contribution is -0.124. The highest BCUT2D eigenvalue weighted by Gasteiger charge is 2.29. The number of nitrogens with one attached hydrogen (secondary N) is 1. The Morgan fingerprint density at radius 2 is 2.24 bits per heavy atom. The molecule has 1 amide bonds. The van der Waals surface area contributed by atoms with E-state index in [-0.39, 0.29) is 5.91 Å². The maximum Gasteiger partial charge on any atom is 0.231 e. The van der Waals surface area contributed by atoms with Crippen molar-refractivity contribution in [1.29, 1.82) is 0 Å². The van der Waals surface area contributed by atoms with Gasteiger partial charge in [-0.1, -0.05) is 13.0 Å². The lowest BCUT2D eigenvalue weighted by Crippen LogP contribution is -2.39. The Morgan fingerprint density at radius 3 is 2.81 bits per heavy atom. The first-order valence-electron chi connectivity index (χ1n) is 6.85. The summed E-state index contributed by atoms with van der Waals surface area (Å²) in [6.07, 6.45) is 2.19. The number of hydrogen-bond acceptors (Lipinski definition) is 5. The minimum atomic E-state index is -0.572. The van der Waals surface area contributed by atoms with Crippen LogP contribution in [0.2, 0.25) is 0 Å². The molecular weight excluding hydrogens is 268 g/mol. The molecule has 112 valence electrons. The second-order valence-electron chi connectivity index (χ2n) is 5.33. The number of nitrogens with zero attached hydrogens (tertiary/aromatic N) is 4. The maximum atomic E-state index is 12.4. The molecule has 0 saturated carbocycles. The predicted octanol–water partition coefficient (Wildman–Crippen LogP) is 1.28. The fourth-order valence-corrected chi connectivity index (χ4v) is 1.84. The number of tetrazole rings is 1. The number of nitrogens with two attached hydrogens (primary N) is 1. The van der Waals surface area contributed by atoms with Gasteiger partial charge in [-0.15, -0.1) is 5.10 Å². The molecule has 1 unspecified atom stereocenters. The molecule has 1 heterocycles. The molecule has 0 aliphatic heterocycles. The van der Waals surface area contributed by atoms with E-state index in [1.807, 2.05) is 39.0 Å². The van der Waals surface area contributed by atoms with Gasteiger partial charge in [-0.05, 0) is 48.4 Å². The first-order chi connectivity index (χ1) is 10.00. The van der Waals surface area contributed by atoms with E-state index in [2.05, 4.69) is 20.8 Å². The average Bonchev–Trinajstić information content (AvgIpc) is 3.02. The molecule has 0 aliphatic rings. The second-order valence-corrected chi connectivity index (χ2v) is 5.33. The van der Waals surface area contributed by atoms with Gasteiger partial charge in [-0.3, -0.25) is 4.79 Å². The Labute approximate surface area is 123 Å². The highest BCUT2D eigenvalue weighted by molar-refractivity contribution is 5.96. The molecule has 3 N–H and O–H groups in total. The lowest BCUT2D eigenvalue weighted by Gasteiger charge is -2.25. The lowest BCUT2D eigenvalue weighted by atomic mass is 9.86. The van der Waals surface area contributed by atoms with Gasteiger partial charge in [0.1, 0.15) is 6.33 Å². The SMILES string of the molecule is CCC(C)(CN)C(=O)Nc1cc(-n2cnnn2)ccc1C. The molecule has 0 saturated heterocycles. The Bertz CT molecular complexity index is 618. The largest absolute Gasteiger partial charge is 0.329 e. The molecule has 1 aromatic carbocycles. The summed E-state index contributed by atoms with van der Waals surface area (Å²) in [6.45, 7) is 6.06. The van der Waals surface area contributed by atoms with Crippen LogP contribution in [0.3, 0.4) is 0 Å². The highest BCUT2D eigenvalue weighted by Crippen LogP contribution is 2.25. The molecular formula is C14H20N6O. The molecule has 21 heavy (non-hydrogen) atoms. The quantitative estimate of drug-likeness (QED) is 0.863. The van der Waals surface area contributed by atoms with Gasteiger partial charge in [0, 0.05) is 12.2 Å².